The van der Waals surface area contributed by atoms with Crippen molar-refractivity contribution in [3.05, 3.63) is 29.6 Å². The van der Waals surface area contributed by atoms with Crippen molar-refractivity contribution >= 4 is 0 Å². The van der Waals surface area contributed by atoms with Crippen LogP contribution < -0.4 is 4.74 Å². The molecule has 0 spiro atoms. The minimum atomic E-state index is -0.436. The molecule has 15 heavy (non-hydrogen) atoms. The monoisotopic (exact) mass is 208 g/mol. The molecule has 0 bridgehead atoms. The molecule has 3 heteroatoms. The molecule has 0 aromatic heterocycles. The van der Waals surface area contributed by atoms with Crippen molar-refractivity contribution in [2.24, 2.45) is 0 Å². The molecular formula is C12H13FO2. The molecule has 1 rings (SSSR count). The summed E-state index contributed by atoms with van der Waals surface area (Å²) in [7, 11) is 0. The van der Waals surface area contributed by atoms with Gasteiger partial charge in [0.2, 0.25) is 0 Å². The molecule has 0 aliphatic carbocycles. The molecule has 80 valence electrons. The second kappa shape index (κ2) is 5.38. The molecule has 1 N–H and O–H groups in total. The molecule has 0 radical (unpaired) electrons. The topological polar surface area (TPSA) is 29.5 Å². The standard InChI is InChI=1S/C12H13FO2/c1-9(2)15-11-6-5-10(4-3-7-14)12(13)8-11/h5-6,8-9,14H,7H2,1-2H3. The Balaban J connectivity index is 2.88. The highest BCUT2D eigenvalue weighted by atomic mass is 19.1. The highest BCUT2D eigenvalue weighted by Crippen LogP contribution is 2.17. The van der Waals surface area contributed by atoms with Crippen molar-refractivity contribution < 1.29 is 14.2 Å². The van der Waals surface area contributed by atoms with Crippen molar-refractivity contribution in [2.45, 2.75) is 20.0 Å². The summed E-state index contributed by atoms with van der Waals surface area (Å²) in [5.74, 6) is 4.95. The van der Waals surface area contributed by atoms with E-state index in [9.17, 15) is 4.39 Å². The Morgan fingerprint density at radius 1 is 1.47 bits per heavy atom. The van der Waals surface area contributed by atoms with E-state index >= 15 is 0 Å². The molecule has 0 amide bonds. The van der Waals surface area contributed by atoms with Crippen LogP contribution in [0.3, 0.4) is 0 Å². The average Bonchev–Trinajstić information content (AvgIpc) is 2.15. The second-order valence-electron chi connectivity index (χ2n) is 3.27. The van der Waals surface area contributed by atoms with Gasteiger partial charge in [-0.2, -0.15) is 0 Å². The Hall–Kier alpha value is -1.53. The van der Waals surface area contributed by atoms with Crippen LogP contribution in [0.4, 0.5) is 4.39 Å². The van der Waals surface area contributed by atoms with E-state index in [1.807, 2.05) is 13.8 Å². The van der Waals surface area contributed by atoms with Crippen LogP contribution in [0.25, 0.3) is 0 Å². The fourth-order valence-corrected chi connectivity index (χ4v) is 1.08. The summed E-state index contributed by atoms with van der Waals surface area (Å²) in [6, 6.07) is 4.49. The van der Waals surface area contributed by atoms with Crippen molar-refractivity contribution in [1.82, 2.24) is 0 Å². The van der Waals surface area contributed by atoms with Crippen molar-refractivity contribution in [3.63, 3.8) is 0 Å². The molecule has 0 saturated heterocycles. The van der Waals surface area contributed by atoms with Gasteiger partial charge in [0.05, 0.1) is 11.7 Å². The van der Waals surface area contributed by atoms with Gasteiger partial charge in [0, 0.05) is 6.07 Å². The third kappa shape index (κ3) is 3.61. The predicted molar refractivity (Wildman–Crippen MR) is 56.1 cm³/mol. The zero-order valence-corrected chi connectivity index (χ0v) is 8.75. The maximum absolute atomic E-state index is 13.4. The van der Waals surface area contributed by atoms with Gasteiger partial charge in [-0.3, -0.25) is 0 Å². The molecule has 0 fully saturated rings. The van der Waals surface area contributed by atoms with E-state index in [2.05, 4.69) is 11.8 Å². The lowest BCUT2D eigenvalue weighted by Crippen LogP contribution is -2.05. The lowest BCUT2D eigenvalue weighted by Gasteiger charge is -2.09. The van der Waals surface area contributed by atoms with E-state index in [0.29, 0.717) is 5.75 Å². The average molecular weight is 208 g/mol. The van der Waals surface area contributed by atoms with E-state index < -0.39 is 5.82 Å². The van der Waals surface area contributed by atoms with Gasteiger partial charge < -0.3 is 9.84 Å². The summed E-state index contributed by atoms with van der Waals surface area (Å²) in [6.45, 7) is 3.47. The summed E-state index contributed by atoms with van der Waals surface area (Å²) < 4.78 is 18.7. The quantitative estimate of drug-likeness (QED) is 0.753. The molecule has 0 unspecified atom stereocenters. The SMILES string of the molecule is CC(C)Oc1ccc(C#CCO)c(F)c1. The molecule has 0 saturated carbocycles. The summed E-state index contributed by atoms with van der Waals surface area (Å²) in [4.78, 5) is 0. The third-order valence-electron chi connectivity index (χ3n) is 1.61. The van der Waals surface area contributed by atoms with Crippen molar-refractivity contribution in [1.29, 1.82) is 0 Å². The highest BCUT2D eigenvalue weighted by molar-refractivity contribution is 5.39. The summed E-state index contributed by atoms with van der Waals surface area (Å²) in [5, 5.41) is 8.47. The first-order chi connectivity index (χ1) is 7.13. The molecule has 1 aromatic rings. The van der Waals surface area contributed by atoms with Crippen molar-refractivity contribution in [2.75, 3.05) is 6.61 Å². The van der Waals surface area contributed by atoms with Crippen LogP contribution in [0.15, 0.2) is 18.2 Å². The first-order valence-corrected chi connectivity index (χ1v) is 4.69. The van der Waals surface area contributed by atoms with Crippen LogP contribution in [-0.2, 0) is 0 Å². The Labute approximate surface area is 88.7 Å². The number of rotatable bonds is 2. The molecule has 0 aliphatic rings. The van der Waals surface area contributed by atoms with E-state index in [0.717, 1.165) is 0 Å². The largest absolute Gasteiger partial charge is 0.491 e. The van der Waals surface area contributed by atoms with Gasteiger partial charge in [-0.25, -0.2) is 4.39 Å². The number of aliphatic hydroxyl groups is 1. The van der Waals surface area contributed by atoms with E-state index in [4.69, 9.17) is 9.84 Å². The molecule has 0 heterocycles. The van der Waals surface area contributed by atoms with Crippen LogP contribution in [0.2, 0.25) is 0 Å². The fraction of sp³-hybridized carbons (Fsp3) is 0.333. The van der Waals surface area contributed by atoms with Gasteiger partial charge in [0.1, 0.15) is 18.2 Å². The Bertz CT molecular complexity index is 388. The number of halogens is 1. The van der Waals surface area contributed by atoms with E-state index in [1.54, 1.807) is 6.07 Å². The summed E-state index contributed by atoms with van der Waals surface area (Å²) in [5.41, 5.74) is 0.264. The minimum Gasteiger partial charge on any atom is -0.491 e. The van der Waals surface area contributed by atoms with Gasteiger partial charge in [-0.05, 0) is 26.0 Å². The minimum absolute atomic E-state index is 0.0128. The Morgan fingerprint density at radius 3 is 2.73 bits per heavy atom. The Kier molecular flexibility index (Phi) is 4.14. The lowest BCUT2D eigenvalue weighted by molar-refractivity contribution is 0.241. The first-order valence-electron chi connectivity index (χ1n) is 4.69. The smallest absolute Gasteiger partial charge is 0.142 e. The van der Waals surface area contributed by atoms with E-state index in [-0.39, 0.29) is 18.3 Å². The predicted octanol–water partition coefficient (Wildman–Crippen LogP) is 1.96. The van der Waals surface area contributed by atoms with Gasteiger partial charge in [0.15, 0.2) is 0 Å². The Morgan fingerprint density at radius 2 is 2.20 bits per heavy atom. The fourth-order valence-electron chi connectivity index (χ4n) is 1.08. The van der Waals surface area contributed by atoms with Gasteiger partial charge in [-0.1, -0.05) is 11.8 Å². The van der Waals surface area contributed by atoms with Gasteiger partial charge >= 0.3 is 0 Å². The highest BCUT2D eigenvalue weighted by Gasteiger charge is 2.03. The van der Waals surface area contributed by atoms with Crippen LogP contribution in [0.5, 0.6) is 5.75 Å². The summed E-state index contributed by atoms with van der Waals surface area (Å²) in [6.07, 6.45) is 0.0128. The van der Waals surface area contributed by atoms with Gasteiger partial charge in [0.25, 0.3) is 0 Å². The van der Waals surface area contributed by atoms with Crippen LogP contribution >= 0.6 is 0 Å². The first kappa shape index (κ1) is 11.5. The maximum atomic E-state index is 13.4. The number of ether oxygens (including phenoxy) is 1. The number of hydrogen-bond donors (Lipinski definition) is 1. The number of hydrogen-bond acceptors (Lipinski definition) is 2. The number of aliphatic hydroxyl groups excluding tert-OH is 1. The van der Waals surface area contributed by atoms with Crippen LogP contribution in [0, 0.1) is 17.7 Å². The van der Waals surface area contributed by atoms with Crippen LogP contribution in [0.1, 0.15) is 19.4 Å². The summed E-state index contributed by atoms with van der Waals surface area (Å²) >= 11 is 0. The van der Waals surface area contributed by atoms with Crippen LogP contribution in [-0.4, -0.2) is 17.8 Å². The second-order valence-corrected chi connectivity index (χ2v) is 3.27. The normalized spacial score (nSPS) is 9.67. The van der Waals surface area contributed by atoms with E-state index in [1.165, 1.54) is 12.1 Å². The molecule has 2 nitrogen and oxygen atoms in total. The molecule has 0 aliphatic heterocycles. The zero-order chi connectivity index (χ0) is 11.3. The molecular weight excluding hydrogens is 195 g/mol. The third-order valence-corrected chi connectivity index (χ3v) is 1.61. The number of benzene rings is 1. The van der Waals surface area contributed by atoms with Gasteiger partial charge in [-0.15, -0.1) is 0 Å². The molecule has 0 atom stereocenters. The van der Waals surface area contributed by atoms with Crippen molar-refractivity contribution in [3.8, 4) is 17.6 Å². The molecule has 1 aromatic carbocycles. The maximum Gasteiger partial charge on any atom is 0.142 e. The lowest BCUT2D eigenvalue weighted by atomic mass is 10.2. The zero-order valence-electron chi connectivity index (χ0n) is 8.75.